The summed E-state index contributed by atoms with van der Waals surface area (Å²) in [5.41, 5.74) is 0.182. The van der Waals surface area contributed by atoms with Crippen molar-refractivity contribution in [2.24, 2.45) is 5.92 Å². The van der Waals surface area contributed by atoms with Crippen molar-refractivity contribution in [2.45, 2.75) is 39.2 Å². The predicted octanol–water partition coefficient (Wildman–Crippen LogP) is 2.34. The van der Waals surface area contributed by atoms with E-state index < -0.39 is 11.7 Å². The third-order valence-corrected chi connectivity index (χ3v) is 4.31. The van der Waals surface area contributed by atoms with Crippen molar-refractivity contribution < 1.29 is 14.3 Å². The Morgan fingerprint density at radius 3 is 2.81 bits per heavy atom. The van der Waals surface area contributed by atoms with Crippen molar-refractivity contribution in [3.63, 3.8) is 0 Å². The molecule has 0 saturated carbocycles. The van der Waals surface area contributed by atoms with Gasteiger partial charge < -0.3 is 9.47 Å². The van der Waals surface area contributed by atoms with Crippen LogP contribution in [0.25, 0.3) is 5.65 Å². The van der Waals surface area contributed by atoms with Gasteiger partial charge >= 0.3 is 6.09 Å². The van der Waals surface area contributed by atoms with E-state index in [1.165, 1.54) is 10.7 Å². The highest BCUT2D eigenvalue weighted by atomic mass is 35.5. The first kappa shape index (κ1) is 19.0. The fraction of sp³-hybridized carbons (Fsp3) is 0.588. The molecule has 1 aliphatic heterocycles. The Morgan fingerprint density at radius 1 is 1.46 bits per heavy atom. The van der Waals surface area contributed by atoms with Crippen LogP contribution in [0.15, 0.2) is 12.3 Å². The molecule has 0 aromatic carbocycles. The van der Waals surface area contributed by atoms with Crippen LogP contribution < -0.4 is 10.4 Å². The molecule has 0 aliphatic carbocycles. The van der Waals surface area contributed by atoms with Gasteiger partial charge in [0.15, 0.2) is 5.65 Å². The molecule has 0 atom stereocenters. The summed E-state index contributed by atoms with van der Waals surface area (Å²) < 4.78 is 12.6. The van der Waals surface area contributed by atoms with Crippen molar-refractivity contribution in [2.75, 3.05) is 24.7 Å². The molecule has 0 N–H and O–H groups in total. The molecular weight excluding hydrogens is 354 g/mol. The van der Waals surface area contributed by atoms with Crippen LogP contribution in [-0.2, 0) is 9.47 Å². The number of amides is 1. The van der Waals surface area contributed by atoms with E-state index in [9.17, 15) is 4.79 Å². The van der Waals surface area contributed by atoms with Gasteiger partial charge in [0, 0.05) is 32.0 Å². The minimum atomic E-state index is -0.621. The fourth-order valence-electron chi connectivity index (χ4n) is 2.89. The molecule has 0 spiro atoms. The Bertz CT molecular complexity index is 799. The Morgan fingerprint density at radius 2 is 2.15 bits per heavy atom. The summed E-state index contributed by atoms with van der Waals surface area (Å²) in [5, 5.41) is 4.48. The number of carbonyl (C=O) groups is 1. The van der Waals surface area contributed by atoms with Gasteiger partial charge in [-0.25, -0.2) is 9.78 Å². The summed E-state index contributed by atoms with van der Waals surface area (Å²) in [4.78, 5) is 18.7. The predicted molar refractivity (Wildman–Crippen MR) is 101 cm³/mol. The van der Waals surface area contributed by atoms with E-state index in [0.29, 0.717) is 42.6 Å². The molecule has 2 radical (unpaired) electrons. The van der Waals surface area contributed by atoms with Crippen LogP contribution in [0.1, 0.15) is 33.6 Å². The zero-order valence-electron chi connectivity index (χ0n) is 15.2. The van der Waals surface area contributed by atoms with Crippen LogP contribution in [0.3, 0.4) is 0 Å². The van der Waals surface area contributed by atoms with Crippen LogP contribution in [0, 0.1) is 5.92 Å². The fourth-order valence-corrected chi connectivity index (χ4v) is 3.07. The van der Waals surface area contributed by atoms with Crippen molar-refractivity contribution in [1.82, 2.24) is 14.6 Å². The number of nitrogens with zero attached hydrogens (tertiary/aromatic N) is 4. The highest BCUT2D eigenvalue weighted by Gasteiger charge is 2.29. The molecule has 3 heterocycles. The average Bonchev–Trinajstić information content (AvgIpc) is 2.92. The number of halogens is 1. The number of hydrogen-bond acceptors (Lipinski definition) is 5. The zero-order chi connectivity index (χ0) is 18.9. The lowest BCUT2D eigenvalue weighted by molar-refractivity contribution is 0.0512. The normalized spacial score (nSPS) is 16.0. The van der Waals surface area contributed by atoms with E-state index >= 15 is 0 Å². The number of fused-ring (bicyclic) bond motifs is 1. The summed E-state index contributed by atoms with van der Waals surface area (Å²) >= 11 is 6.17. The van der Waals surface area contributed by atoms with Gasteiger partial charge in [0.05, 0.1) is 0 Å². The molecule has 26 heavy (non-hydrogen) atoms. The van der Waals surface area contributed by atoms with Crippen LogP contribution in [0.2, 0.25) is 5.15 Å². The highest BCUT2D eigenvalue weighted by molar-refractivity contribution is 6.36. The summed E-state index contributed by atoms with van der Waals surface area (Å²) in [5.74, 6) is 0.781. The lowest BCUT2D eigenvalue weighted by Crippen LogP contribution is -2.42. The van der Waals surface area contributed by atoms with Crippen LogP contribution in [-0.4, -0.2) is 53.9 Å². The average molecular weight is 377 g/mol. The van der Waals surface area contributed by atoms with Gasteiger partial charge in [-0.15, -0.1) is 0 Å². The maximum atomic E-state index is 12.9. The molecule has 138 valence electrons. The quantitative estimate of drug-likeness (QED) is 0.607. The smallest absolute Gasteiger partial charge is 0.416 e. The second-order valence-corrected chi connectivity index (χ2v) is 7.81. The van der Waals surface area contributed by atoms with Gasteiger partial charge in [0.25, 0.3) is 0 Å². The minimum absolute atomic E-state index is 0.236. The van der Waals surface area contributed by atoms with E-state index in [-0.39, 0.29) is 5.15 Å². The van der Waals surface area contributed by atoms with E-state index in [1.807, 2.05) is 20.8 Å². The van der Waals surface area contributed by atoms with E-state index in [1.54, 1.807) is 11.0 Å². The standard InChI is InChI=1S/C17H22BClN4O3/c1-17(2,3)26-16(24)22(10-11-4-6-25-7-5-11)14-8-13(19)21-15-12(18)9-20-23(14)15/h8-9,11H,4-7,10H2,1-3H3. The maximum Gasteiger partial charge on any atom is 0.416 e. The SMILES string of the molecule is [B]c1cnn2c(N(CC3CCOCC3)C(=O)OC(C)(C)C)cc(Cl)nc12. The minimum Gasteiger partial charge on any atom is -0.443 e. The third kappa shape index (κ3) is 4.30. The molecule has 2 aromatic rings. The Kier molecular flexibility index (Phi) is 5.43. The Labute approximate surface area is 159 Å². The summed E-state index contributed by atoms with van der Waals surface area (Å²) in [6, 6.07) is 1.60. The van der Waals surface area contributed by atoms with Crippen LogP contribution in [0.4, 0.5) is 10.6 Å². The Balaban J connectivity index is 2.00. The van der Waals surface area contributed by atoms with Gasteiger partial charge in [0.2, 0.25) is 0 Å². The number of hydrogen-bond donors (Lipinski definition) is 0. The largest absolute Gasteiger partial charge is 0.443 e. The second-order valence-electron chi connectivity index (χ2n) is 7.42. The van der Waals surface area contributed by atoms with Crippen LogP contribution in [0.5, 0.6) is 0 Å². The van der Waals surface area contributed by atoms with Crippen molar-refractivity contribution in [3.8, 4) is 0 Å². The Hall–Kier alpha value is -1.80. The molecule has 2 aromatic heterocycles. The molecule has 1 fully saturated rings. The number of ether oxygens (including phenoxy) is 2. The molecule has 0 unspecified atom stereocenters. The molecule has 1 aliphatic rings. The molecule has 9 heteroatoms. The topological polar surface area (TPSA) is 69.0 Å². The first-order chi connectivity index (χ1) is 12.2. The number of aromatic nitrogens is 3. The molecule has 7 nitrogen and oxygen atoms in total. The van der Waals surface area contributed by atoms with Crippen LogP contribution >= 0.6 is 11.6 Å². The zero-order valence-corrected chi connectivity index (χ0v) is 16.0. The number of anilines is 1. The highest BCUT2D eigenvalue weighted by Crippen LogP contribution is 2.25. The number of rotatable bonds is 3. The second kappa shape index (κ2) is 7.44. The van der Waals surface area contributed by atoms with Gasteiger partial charge in [0.1, 0.15) is 24.4 Å². The van der Waals surface area contributed by atoms with Gasteiger partial charge in [-0.1, -0.05) is 11.6 Å². The summed E-state index contributed by atoms with van der Waals surface area (Å²) in [6.45, 7) is 7.35. The van der Waals surface area contributed by atoms with Crippen molar-refractivity contribution in [1.29, 1.82) is 0 Å². The molecular formula is C17H22BClN4O3. The van der Waals surface area contributed by atoms with Gasteiger partial charge in [-0.3, -0.25) is 4.90 Å². The van der Waals surface area contributed by atoms with E-state index in [0.717, 1.165) is 12.8 Å². The summed E-state index contributed by atoms with van der Waals surface area (Å²) in [6.07, 6.45) is 2.79. The lowest BCUT2D eigenvalue weighted by atomic mass is 10.00. The lowest BCUT2D eigenvalue weighted by Gasteiger charge is -2.31. The molecule has 0 bridgehead atoms. The van der Waals surface area contributed by atoms with E-state index in [2.05, 4.69) is 10.1 Å². The maximum absolute atomic E-state index is 12.9. The summed E-state index contributed by atoms with van der Waals surface area (Å²) in [7, 11) is 5.92. The number of carbonyl (C=O) groups excluding carboxylic acids is 1. The van der Waals surface area contributed by atoms with Gasteiger partial charge in [-0.05, 0) is 45.0 Å². The van der Waals surface area contributed by atoms with Crippen molar-refractivity contribution in [3.05, 3.63) is 17.4 Å². The molecule has 1 saturated heterocycles. The van der Waals surface area contributed by atoms with E-state index in [4.69, 9.17) is 28.9 Å². The first-order valence-electron chi connectivity index (χ1n) is 8.62. The monoisotopic (exact) mass is 376 g/mol. The molecule has 3 rings (SSSR count). The van der Waals surface area contributed by atoms with Crippen molar-refractivity contribution >= 4 is 42.5 Å². The van der Waals surface area contributed by atoms with Gasteiger partial charge in [-0.2, -0.15) is 9.61 Å². The third-order valence-electron chi connectivity index (χ3n) is 4.12. The molecule has 1 amide bonds. The first-order valence-corrected chi connectivity index (χ1v) is 9.00.